The Morgan fingerprint density at radius 3 is 2.14 bits per heavy atom. The normalized spacial score (nSPS) is 19.0. The number of carbonyl (C=O) groups is 1. The number of hydrogen-bond donors (Lipinski definition) is 0. The van der Waals surface area contributed by atoms with Crippen molar-refractivity contribution in [3.05, 3.63) is 65.5 Å². The standard InChI is InChI=1S/C31H44FN3O5S2/c1-4-35(31(36)22-24-8-10-29(11-9-24)41(2,37)38)28-14-17-33(18-15-28)19-16-30(26-6-5-7-27(32)23-26)25-12-20-34(21-13-25)42(3,39)40/h5-11,23,25,28,30H,4,12-22H2,1-3H3/t30-/m1/s1. The molecule has 8 nitrogen and oxygen atoms in total. The summed E-state index contributed by atoms with van der Waals surface area (Å²) in [6.45, 7) is 6.24. The van der Waals surface area contributed by atoms with Gasteiger partial charge in [-0.05, 0) is 92.8 Å². The maximum Gasteiger partial charge on any atom is 0.227 e. The molecule has 232 valence electrons. The Kier molecular flexibility index (Phi) is 10.8. The van der Waals surface area contributed by atoms with Crippen molar-refractivity contribution >= 4 is 25.8 Å². The Morgan fingerprint density at radius 1 is 0.952 bits per heavy atom. The SMILES string of the molecule is CCN(C(=O)Cc1ccc(S(C)(=O)=O)cc1)C1CCN(CC[C@@H](c2cccc(F)c2)C2CCN(S(C)(=O)=O)CC2)CC1. The highest BCUT2D eigenvalue weighted by Crippen LogP contribution is 2.36. The van der Waals surface area contributed by atoms with Crippen LogP contribution in [0, 0.1) is 11.7 Å². The lowest BCUT2D eigenvalue weighted by atomic mass is 9.78. The summed E-state index contributed by atoms with van der Waals surface area (Å²) < 4.78 is 63.2. The number of benzene rings is 2. The van der Waals surface area contributed by atoms with Gasteiger partial charge in [-0.3, -0.25) is 4.79 Å². The van der Waals surface area contributed by atoms with Gasteiger partial charge in [-0.15, -0.1) is 0 Å². The van der Waals surface area contributed by atoms with Gasteiger partial charge in [0.1, 0.15) is 5.82 Å². The van der Waals surface area contributed by atoms with Gasteiger partial charge >= 0.3 is 0 Å². The van der Waals surface area contributed by atoms with E-state index in [0.29, 0.717) is 25.6 Å². The molecule has 0 aromatic heterocycles. The number of nitrogens with zero attached hydrogens (tertiary/aromatic N) is 3. The predicted molar refractivity (Wildman–Crippen MR) is 163 cm³/mol. The molecular weight excluding hydrogens is 577 g/mol. The molecule has 0 saturated carbocycles. The molecule has 2 heterocycles. The molecule has 2 aromatic rings. The highest BCUT2D eigenvalue weighted by Gasteiger charge is 2.32. The minimum atomic E-state index is -3.27. The largest absolute Gasteiger partial charge is 0.340 e. The van der Waals surface area contributed by atoms with Crippen molar-refractivity contribution in [3.8, 4) is 0 Å². The molecule has 0 aliphatic carbocycles. The molecule has 11 heteroatoms. The van der Waals surface area contributed by atoms with Crippen LogP contribution in [0.15, 0.2) is 53.4 Å². The summed E-state index contributed by atoms with van der Waals surface area (Å²) in [5.74, 6) is 0.252. The third-order valence-corrected chi connectivity index (χ3v) is 11.4. The summed E-state index contributed by atoms with van der Waals surface area (Å²) in [5, 5.41) is 0. The van der Waals surface area contributed by atoms with E-state index in [9.17, 15) is 26.0 Å². The first-order valence-electron chi connectivity index (χ1n) is 14.9. The summed E-state index contributed by atoms with van der Waals surface area (Å²) >= 11 is 0. The maximum absolute atomic E-state index is 14.2. The van der Waals surface area contributed by atoms with Crippen LogP contribution in [0.5, 0.6) is 0 Å². The number of sulfonamides is 1. The van der Waals surface area contributed by atoms with E-state index < -0.39 is 19.9 Å². The second kappa shape index (κ2) is 14.0. The van der Waals surface area contributed by atoms with Crippen LogP contribution in [0.1, 0.15) is 56.1 Å². The molecule has 2 saturated heterocycles. The van der Waals surface area contributed by atoms with E-state index in [-0.39, 0.29) is 35.0 Å². The van der Waals surface area contributed by atoms with Crippen LogP contribution in [-0.2, 0) is 31.1 Å². The van der Waals surface area contributed by atoms with Crippen LogP contribution in [0.25, 0.3) is 0 Å². The van der Waals surface area contributed by atoms with Gasteiger partial charge < -0.3 is 9.80 Å². The van der Waals surface area contributed by atoms with Crippen molar-refractivity contribution in [2.75, 3.05) is 51.8 Å². The second-order valence-electron chi connectivity index (χ2n) is 11.8. The first-order chi connectivity index (χ1) is 19.8. The fourth-order valence-corrected chi connectivity index (χ4v) is 8.07. The molecule has 1 atom stereocenters. The molecule has 42 heavy (non-hydrogen) atoms. The first-order valence-corrected chi connectivity index (χ1v) is 18.6. The highest BCUT2D eigenvalue weighted by molar-refractivity contribution is 7.90. The van der Waals surface area contributed by atoms with E-state index in [1.54, 1.807) is 40.7 Å². The van der Waals surface area contributed by atoms with E-state index in [0.717, 1.165) is 62.9 Å². The quantitative estimate of drug-likeness (QED) is 0.378. The zero-order chi connectivity index (χ0) is 30.5. The average Bonchev–Trinajstić information content (AvgIpc) is 2.94. The molecule has 0 N–H and O–H groups in total. The summed E-state index contributed by atoms with van der Waals surface area (Å²) in [6, 6.07) is 13.5. The van der Waals surface area contributed by atoms with Gasteiger partial charge in [-0.1, -0.05) is 24.3 Å². The lowest BCUT2D eigenvalue weighted by molar-refractivity contribution is -0.133. The monoisotopic (exact) mass is 621 g/mol. The number of amides is 1. The molecule has 0 spiro atoms. The van der Waals surface area contributed by atoms with Crippen LogP contribution in [-0.4, -0.2) is 94.7 Å². The average molecular weight is 622 g/mol. The number of hydrogen-bond acceptors (Lipinski definition) is 6. The van der Waals surface area contributed by atoms with Crippen molar-refractivity contribution in [2.45, 2.75) is 62.3 Å². The third-order valence-electron chi connectivity index (χ3n) is 8.94. The Hall–Kier alpha value is -2.34. The van der Waals surface area contributed by atoms with Crippen LogP contribution in [0.4, 0.5) is 4.39 Å². The number of halogens is 1. The lowest BCUT2D eigenvalue weighted by Gasteiger charge is -2.40. The molecule has 4 rings (SSSR count). The van der Waals surface area contributed by atoms with Gasteiger partial charge in [0.15, 0.2) is 9.84 Å². The van der Waals surface area contributed by atoms with E-state index in [1.165, 1.54) is 18.6 Å². The number of rotatable bonds is 11. The Bertz CT molecular complexity index is 1420. The Labute approximate surface area is 250 Å². The fraction of sp³-hybridized carbons (Fsp3) is 0.581. The third kappa shape index (κ3) is 8.61. The van der Waals surface area contributed by atoms with Gasteiger partial charge in [0.2, 0.25) is 15.9 Å². The zero-order valence-corrected chi connectivity index (χ0v) is 26.5. The van der Waals surface area contributed by atoms with Gasteiger partial charge in [0, 0.05) is 45.0 Å². The molecule has 2 aromatic carbocycles. The number of carbonyl (C=O) groups excluding carboxylic acids is 1. The predicted octanol–water partition coefficient (Wildman–Crippen LogP) is 3.93. The van der Waals surface area contributed by atoms with E-state index in [1.807, 2.05) is 17.9 Å². The van der Waals surface area contributed by atoms with E-state index in [4.69, 9.17) is 0 Å². The smallest absolute Gasteiger partial charge is 0.227 e. The topological polar surface area (TPSA) is 95.1 Å². The fourth-order valence-electron chi connectivity index (χ4n) is 6.57. The van der Waals surface area contributed by atoms with Crippen molar-refractivity contribution in [2.24, 2.45) is 5.92 Å². The van der Waals surface area contributed by atoms with Gasteiger partial charge in [0.05, 0.1) is 17.6 Å². The Balaban J connectivity index is 1.32. The minimum Gasteiger partial charge on any atom is -0.340 e. The van der Waals surface area contributed by atoms with Crippen molar-refractivity contribution in [3.63, 3.8) is 0 Å². The van der Waals surface area contributed by atoms with Gasteiger partial charge in [0.25, 0.3) is 0 Å². The van der Waals surface area contributed by atoms with Gasteiger partial charge in [-0.2, -0.15) is 0 Å². The molecule has 2 fully saturated rings. The first kappa shape index (κ1) is 32.6. The lowest BCUT2D eigenvalue weighted by Crippen LogP contribution is -2.48. The highest BCUT2D eigenvalue weighted by atomic mass is 32.2. The maximum atomic E-state index is 14.2. The molecule has 0 radical (unpaired) electrons. The molecular formula is C31H44FN3O5S2. The van der Waals surface area contributed by atoms with Crippen LogP contribution >= 0.6 is 0 Å². The number of likely N-dealkylation sites (N-methyl/N-ethyl adjacent to an activating group) is 1. The molecule has 0 unspecified atom stereocenters. The summed E-state index contributed by atoms with van der Waals surface area (Å²) in [7, 11) is -6.48. The summed E-state index contributed by atoms with van der Waals surface area (Å²) in [5.41, 5.74) is 1.78. The van der Waals surface area contributed by atoms with Crippen LogP contribution < -0.4 is 0 Å². The Morgan fingerprint density at radius 2 is 1.60 bits per heavy atom. The van der Waals surface area contributed by atoms with Crippen LogP contribution in [0.3, 0.4) is 0 Å². The van der Waals surface area contributed by atoms with Crippen LogP contribution in [0.2, 0.25) is 0 Å². The van der Waals surface area contributed by atoms with E-state index >= 15 is 0 Å². The molecule has 2 aliphatic heterocycles. The van der Waals surface area contributed by atoms with E-state index in [2.05, 4.69) is 4.90 Å². The second-order valence-corrected chi connectivity index (χ2v) is 15.8. The number of likely N-dealkylation sites (tertiary alicyclic amines) is 1. The molecule has 0 bridgehead atoms. The number of sulfone groups is 1. The summed E-state index contributed by atoms with van der Waals surface area (Å²) in [4.78, 5) is 17.8. The summed E-state index contributed by atoms with van der Waals surface area (Å²) in [6.07, 6.45) is 6.83. The van der Waals surface area contributed by atoms with Crippen molar-refractivity contribution in [1.29, 1.82) is 0 Å². The minimum absolute atomic E-state index is 0.0506. The van der Waals surface area contributed by atoms with Crippen molar-refractivity contribution < 1.29 is 26.0 Å². The number of piperidine rings is 2. The molecule has 1 amide bonds. The van der Waals surface area contributed by atoms with Crippen molar-refractivity contribution in [1.82, 2.24) is 14.1 Å². The molecule has 2 aliphatic rings. The van der Waals surface area contributed by atoms with Gasteiger partial charge in [-0.25, -0.2) is 25.5 Å². The zero-order valence-electron chi connectivity index (χ0n) is 24.9.